The first kappa shape index (κ1) is 22.1. The molecule has 3 heterocycles. The number of carbonyl (C=O) groups is 2. The monoisotopic (exact) mass is 438 g/mol. The lowest BCUT2D eigenvalue weighted by Crippen LogP contribution is -2.28. The zero-order chi connectivity index (χ0) is 22.8. The molecule has 0 bridgehead atoms. The van der Waals surface area contributed by atoms with Gasteiger partial charge in [0, 0.05) is 18.4 Å². The molecule has 0 saturated carbocycles. The first-order chi connectivity index (χ1) is 14.6. The molecule has 3 aromatic heterocycles. The van der Waals surface area contributed by atoms with Crippen molar-refractivity contribution in [1.29, 1.82) is 0 Å². The van der Waals surface area contributed by atoms with Gasteiger partial charge in [0.05, 0.1) is 18.5 Å². The minimum absolute atomic E-state index is 0.0258. The van der Waals surface area contributed by atoms with Crippen LogP contribution in [0.2, 0.25) is 0 Å². The topological polar surface area (TPSA) is 107 Å². The van der Waals surface area contributed by atoms with Crippen LogP contribution in [-0.2, 0) is 24.1 Å². The van der Waals surface area contributed by atoms with E-state index in [9.17, 15) is 22.8 Å². The molecule has 12 heteroatoms. The number of aromatic nitrogens is 4. The molecule has 2 N–H and O–H groups in total. The normalized spacial score (nSPS) is 12.6. The van der Waals surface area contributed by atoms with E-state index in [2.05, 4.69) is 20.8 Å². The molecule has 0 fully saturated rings. The summed E-state index contributed by atoms with van der Waals surface area (Å²) in [5.74, 6) is -0.644. The molecule has 3 aromatic rings. The molecule has 166 valence electrons. The van der Waals surface area contributed by atoms with E-state index in [0.717, 1.165) is 10.7 Å². The van der Waals surface area contributed by atoms with Gasteiger partial charge in [-0.3, -0.25) is 19.0 Å². The third-order valence-corrected chi connectivity index (χ3v) is 4.52. The highest BCUT2D eigenvalue weighted by atomic mass is 19.4. The molecule has 0 aliphatic heterocycles. The quantitative estimate of drug-likeness (QED) is 0.589. The van der Waals surface area contributed by atoms with Crippen LogP contribution in [0.1, 0.15) is 47.5 Å². The van der Waals surface area contributed by atoms with Gasteiger partial charge in [-0.2, -0.15) is 23.4 Å². The van der Waals surface area contributed by atoms with Gasteiger partial charge in [0.25, 0.3) is 5.91 Å². The predicted octanol–water partition coefficient (Wildman–Crippen LogP) is 3.15. The van der Waals surface area contributed by atoms with Crippen LogP contribution in [0.5, 0.6) is 0 Å². The van der Waals surface area contributed by atoms with Crippen LogP contribution in [0.3, 0.4) is 0 Å². The SMILES string of the molecule is CCn1cc(NC(=O)C(C)n2nc(C(F)(F)F)cc2C)c(C(=O)NCc2ccco2)n1. The highest BCUT2D eigenvalue weighted by Gasteiger charge is 2.35. The van der Waals surface area contributed by atoms with Gasteiger partial charge in [-0.25, -0.2) is 0 Å². The van der Waals surface area contributed by atoms with E-state index in [1.807, 2.05) is 0 Å². The molecule has 9 nitrogen and oxygen atoms in total. The largest absolute Gasteiger partial charge is 0.467 e. The van der Waals surface area contributed by atoms with Gasteiger partial charge >= 0.3 is 6.18 Å². The molecule has 1 atom stereocenters. The fourth-order valence-corrected chi connectivity index (χ4v) is 2.87. The molecule has 3 rings (SSSR count). The Labute approximate surface area is 175 Å². The van der Waals surface area contributed by atoms with Gasteiger partial charge in [0.2, 0.25) is 5.91 Å². The van der Waals surface area contributed by atoms with Crippen LogP contribution >= 0.6 is 0 Å². The Morgan fingerprint density at radius 3 is 2.61 bits per heavy atom. The Kier molecular flexibility index (Phi) is 6.18. The Hall–Kier alpha value is -3.57. The van der Waals surface area contributed by atoms with Crippen molar-refractivity contribution in [2.45, 2.75) is 46.1 Å². The van der Waals surface area contributed by atoms with E-state index in [1.54, 1.807) is 19.1 Å². The number of nitrogens with one attached hydrogen (secondary N) is 2. The Balaban J connectivity index is 1.77. The number of alkyl halides is 3. The maximum atomic E-state index is 12.9. The van der Waals surface area contributed by atoms with Crippen molar-refractivity contribution in [3.63, 3.8) is 0 Å². The molecule has 31 heavy (non-hydrogen) atoms. The van der Waals surface area contributed by atoms with Gasteiger partial charge in [-0.05, 0) is 39.0 Å². The first-order valence-corrected chi connectivity index (χ1v) is 9.42. The minimum atomic E-state index is -4.62. The number of aryl methyl sites for hydroxylation is 2. The number of anilines is 1. The highest BCUT2D eigenvalue weighted by Crippen LogP contribution is 2.29. The van der Waals surface area contributed by atoms with Crippen molar-refractivity contribution in [3.05, 3.63) is 53.5 Å². The van der Waals surface area contributed by atoms with E-state index in [-0.39, 0.29) is 23.6 Å². The van der Waals surface area contributed by atoms with E-state index in [0.29, 0.717) is 12.3 Å². The fraction of sp³-hybridized carbons (Fsp3) is 0.368. The second-order valence-electron chi connectivity index (χ2n) is 6.79. The van der Waals surface area contributed by atoms with Crippen LogP contribution in [-0.4, -0.2) is 31.4 Å². The van der Waals surface area contributed by atoms with Crippen molar-refractivity contribution >= 4 is 17.5 Å². The third kappa shape index (κ3) is 4.95. The van der Waals surface area contributed by atoms with Gasteiger partial charge < -0.3 is 15.1 Å². The molecule has 0 spiro atoms. The van der Waals surface area contributed by atoms with Crippen LogP contribution in [0.15, 0.2) is 35.1 Å². The molecule has 0 radical (unpaired) electrons. The first-order valence-electron chi connectivity index (χ1n) is 9.42. The lowest BCUT2D eigenvalue weighted by Gasteiger charge is -2.14. The summed E-state index contributed by atoms with van der Waals surface area (Å²) in [6.07, 6.45) is -1.67. The minimum Gasteiger partial charge on any atom is -0.467 e. The number of hydrogen-bond donors (Lipinski definition) is 2. The standard InChI is InChI=1S/C19H21F3N6O3/c1-4-27-10-14(16(26-27)18(30)23-9-13-6-5-7-31-13)24-17(29)12(3)28-11(2)8-15(25-28)19(20,21)22/h5-8,10,12H,4,9H2,1-3H3,(H,23,30)(H,24,29). The maximum Gasteiger partial charge on any atom is 0.435 e. The fourth-order valence-electron chi connectivity index (χ4n) is 2.87. The molecule has 0 aliphatic carbocycles. The zero-order valence-electron chi connectivity index (χ0n) is 17.0. The van der Waals surface area contributed by atoms with Crippen molar-refractivity contribution in [3.8, 4) is 0 Å². The molecule has 0 aromatic carbocycles. The Morgan fingerprint density at radius 2 is 2.03 bits per heavy atom. The number of hydrogen-bond acceptors (Lipinski definition) is 5. The lowest BCUT2D eigenvalue weighted by atomic mass is 10.2. The number of carbonyl (C=O) groups excluding carboxylic acids is 2. The Morgan fingerprint density at radius 1 is 1.29 bits per heavy atom. The molecule has 2 amide bonds. The molecule has 1 unspecified atom stereocenters. The third-order valence-electron chi connectivity index (χ3n) is 4.52. The van der Waals surface area contributed by atoms with Crippen molar-refractivity contribution in [2.24, 2.45) is 0 Å². The van der Waals surface area contributed by atoms with Crippen molar-refractivity contribution in [2.75, 3.05) is 5.32 Å². The predicted molar refractivity (Wildman–Crippen MR) is 103 cm³/mol. The maximum absolute atomic E-state index is 12.9. The smallest absolute Gasteiger partial charge is 0.435 e. The summed E-state index contributed by atoms with van der Waals surface area (Å²) >= 11 is 0. The lowest BCUT2D eigenvalue weighted by molar-refractivity contribution is -0.141. The Bertz CT molecular complexity index is 1070. The average molecular weight is 438 g/mol. The summed E-state index contributed by atoms with van der Waals surface area (Å²) < 4.78 is 46.3. The number of nitrogens with zero attached hydrogens (tertiary/aromatic N) is 4. The van der Waals surface area contributed by atoms with Crippen molar-refractivity contribution < 1.29 is 27.2 Å². The van der Waals surface area contributed by atoms with Crippen LogP contribution in [0, 0.1) is 6.92 Å². The second kappa shape index (κ2) is 8.66. The number of amides is 2. The van der Waals surface area contributed by atoms with E-state index < -0.39 is 29.7 Å². The van der Waals surface area contributed by atoms with E-state index in [4.69, 9.17) is 4.42 Å². The number of rotatable bonds is 7. The molecular formula is C19H21F3N6O3. The van der Waals surface area contributed by atoms with Crippen LogP contribution in [0.25, 0.3) is 0 Å². The summed E-state index contributed by atoms with van der Waals surface area (Å²) in [7, 11) is 0. The molecule has 0 saturated heterocycles. The van der Waals surface area contributed by atoms with Crippen LogP contribution < -0.4 is 10.6 Å². The molecule has 0 aliphatic rings. The summed E-state index contributed by atoms with van der Waals surface area (Å²) in [6.45, 7) is 5.21. The molecular weight excluding hydrogens is 417 g/mol. The zero-order valence-corrected chi connectivity index (χ0v) is 17.0. The van der Waals surface area contributed by atoms with Gasteiger partial charge in [0.15, 0.2) is 11.4 Å². The number of halogens is 3. The van der Waals surface area contributed by atoms with Crippen molar-refractivity contribution in [1.82, 2.24) is 24.9 Å². The van der Waals surface area contributed by atoms with E-state index in [1.165, 1.54) is 31.0 Å². The highest BCUT2D eigenvalue weighted by molar-refractivity contribution is 6.02. The van der Waals surface area contributed by atoms with Gasteiger partial charge in [-0.15, -0.1) is 0 Å². The summed E-state index contributed by atoms with van der Waals surface area (Å²) in [5.41, 5.74) is -0.796. The summed E-state index contributed by atoms with van der Waals surface area (Å²) in [4.78, 5) is 25.3. The van der Waals surface area contributed by atoms with Gasteiger partial charge in [0.1, 0.15) is 11.8 Å². The van der Waals surface area contributed by atoms with E-state index >= 15 is 0 Å². The number of furan rings is 1. The van der Waals surface area contributed by atoms with Gasteiger partial charge in [-0.1, -0.05) is 0 Å². The summed E-state index contributed by atoms with van der Waals surface area (Å²) in [6, 6.07) is 3.19. The average Bonchev–Trinajstić information content (AvgIpc) is 3.44. The second-order valence-corrected chi connectivity index (χ2v) is 6.79. The summed E-state index contributed by atoms with van der Waals surface area (Å²) in [5, 5.41) is 12.9. The van der Waals surface area contributed by atoms with Crippen LogP contribution in [0.4, 0.5) is 18.9 Å².